The molecule has 0 aliphatic heterocycles. The zero-order chi connectivity index (χ0) is 49.0. The third-order valence-corrected chi connectivity index (χ3v) is 11.7. The van der Waals surface area contributed by atoms with Crippen molar-refractivity contribution in [1.82, 2.24) is 47.4 Å². The summed E-state index contributed by atoms with van der Waals surface area (Å²) in [6.45, 7) is 14.5. The fraction of sp³-hybridized carbons (Fsp3) is 0.617. The third-order valence-electron chi connectivity index (χ3n) is 11.7. The van der Waals surface area contributed by atoms with Crippen LogP contribution in [0, 0.1) is 9.81 Å². The SMILES string of the molecule is CNC(=O)CNC(=O)CCCCCNC(=O)C(Cc1ccccc1)NC(=O)C(Cc1ccccc1)NC(=O)CCC(=O)NCCN(CCNC(C)(C)C(C)N=O)CCNC(C)(C)C(C)N=O. The van der Waals surface area contributed by atoms with Crippen molar-refractivity contribution in [3.63, 3.8) is 0 Å². The highest BCUT2D eigenvalue weighted by atomic mass is 16.3. The highest BCUT2D eigenvalue weighted by Crippen LogP contribution is 2.13. The number of carbonyl (C=O) groups excluding carboxylic acids is 6. The lowest BCUT2D eigenvalue weighted by Gasteiger charge is -2.32. The normalized spacial score (nSPS) is 13.3. The highest BCUT2D eigenvalue weighted by molar-refractivity contribution is 5.93. The first-order valence-electron chi connectivity index (χ1n) is 23.0. The third kappa shape index (κ3) is 23.0. The maximum Gasteiger partial charge on any atom is 0.243 e. The maximum absolute atomic E-state index is 14.0. The molecule has 0 saturated carbocycles. The van der Waals surface area contributed by atoms with E-state index < -0.39 is 53.0 Å². The molecule has 0 radical (unpaired) electrons. The molecule has 2 aromatic carbocycles. The van der Waals surface area contributed by atoms with Gasteiger partial charge in [-0.15, -0.1) is 0 Å². The molecule has 0 heterocycles. The summed E-state index contributed by atoms with van der Waals surface area (Å²) in [6, 6.07) is 15.5. The van der Waals surface area contributed by atoms with Crippen molar-refractivity contribution >= 4 is 35.4 Å². The van der Waals surface area contributed by atoms with Gasteiger partial charge in [0.15, 0.2) is 0 Å². The van der Waals surface area contributed by atoms with Crippen molar-refractivity contribution in [2.45, 2.75) is 128 Å². The smallest absolute Gasteiger partial charge is 0.243 e. The van der Waals surface area contributed by atoms with E-state index >= 15 is 0 Å². The molecular weight excluding hydrogens is 847 g/mol. The number of benzene rings is 2. The Hall–Kier alpha value is -5.66. The van der Waals surface area contributed by atoms with Gasteiger partial charge in [0, 0.05) is 96.0 Å². The summed E-state index contributed by atoms with van der Waals surface area (Å²) < 4.78 is 0. The van der Waals surface area contributed by atoms with Gasteiger partial charge >= 0.3 is 0 Å². The van der Waals surface area contributed by atoms with Crippen molar-refractivity contribution in [1.29, 1.82) is 0 Å². The molecule has 66 heavy (non-hydrogen) atoms. The Labute approximate surface area is 390 Å². The van der Waals surface area contributed by atoms with E-state index in [1.165, 1.54) is 7.05 Å². The second-order valence-electron chi connectivity index (χ2n) is 17.7. The van der Waals surface area contributed by atoms with Crippen molar-refractivity contribution in [3.8, 4) is 0 Å². The Morgan fingerprint density at radius 2 is 1.03 bits per heavy atom. The zero-order valence-corrected chi connectivity index (χ0v) is 40.0. The monoisotopic (exact) mass is 922 g/mol. The lowest BCUT2D eigenvalue weighted by Crippen LogP contribution is -2.55. The summed E-state index contributed by atoms with van der Waals surface area (Å²) >= 11 is 0. The molecule has 0 saturated heterocycles. The Kier molecular flexibility index (Phi) is 26.1. The van der Waals surface area contributed by atoms with Crippen molar-refractivity contribution in [2.75, 3.05) is 59.4 Å². The van der Waals surface area contributed by atoms with Gasteiger partial charge in [0.05, 0.1) is 6.54 Å². The number of amides is 6. The molecule has 366 valence electrons. The molecule has 0 fully saturated rings. The Morgan fingerprint density at radius 1 is 0.545 bits per heavy atom. The van der Waals surface area contributed by atoms with Crippen molar-refractivity contribution in [2.24, 2.45) is 10.4 Å². The molecule has 19 heteroatoms. The minimum atomic E-state index is -1.05. The fourth-order valence-corrected chi connectivity index (χ4v) is 6.57. The van der Waals surface area contributed by atoms with E-state index in [9.17, 15) is 38.6 Å². The molecule has 0 aliphatic carbocycles. The molecule has 19 nitrogen and oxygen atoms in total. The summed E-state index contributed by atoms with van der Waals surface area (Å²) in [5, 5.41) is 29.5. The van der Waals surface area contributed by atoms with Crippen LogP contribution in [0.15, 0.2) is 71.0 Å². The predicted molar refractivity (Wildman–Crippen MR) is 256 cm³/mol. The molecule has 6 amide bonds. The van der Waals surface area contributed by atoms with Gasteiger partial charge in [-0.25, -0.2) is 0 Å². The quantitative estimate of drug-likeness (QED) is 0.0373. The first-order valence-corrected chi connectivity index (χ1v) is 23.0. The average Bonchev–Trinajstić information content (AvgIpc) is 3.30. The summed E-state index contributed by atoms with van der Waals surface area (Å²) in [5.41, 5.74) is 0.570. The van der Waals surface area contributed by atoms with E-state index in [0.29, 0.717) is 65.1 Å². The molecule has 0 aromatic heterocycles. The Balaban J connectivity index is 2.02. The number of hydrogen-bond acceptors (Lipinski definition) is 13. The van der Waals surface area contributed by atoms with Gasteiger partial charge in [-0.05, 0) is 65.5 Å². The molecule has 0 spiro atoms. The lowest BCUT2D eigenvalue weighted by atomic mass is 9.97. The molecule has 8 N–H and O–H groups in total. The van der Waals surface area contributed by atoms with Crippen molar-refractivity contribution < 1.29 is 28.8 Å². The molecule has 2 aromatic rings. The van der Waals surface area contributed by atoms with Crippen LogP contribution < -0.4 is 42.5 Å². The van der Waals surface area contributed by atoms with Crippen LogP contribution in [0.25, 0.3) is 0 Å². The average molecular weight is 922 g/mol. The van der Waals surface area contributed by atoms with Crippen LogP contribution in [0.4, 0.5) is 0 Å². The molecule has 0 aliphatic rings. The number of rotatable bonds is 34. The number of hydrogen-bond donors (Lipinski definition) is 8. The number of nitrogens with zero attached hydrogens (tertiary/aromatic N) is 3. The summed E-state index contributed by atoms with van der Waals surface area (Å²) in [4.78, 5) is 102. The second kappa shape index (κ2) is 30.5. The zero-order valence-electron chi connectivity index (χ0n) is 40.0. The van der Waals surface area contributed by atoms with Crippen molar-refractivity contribution in [3.05, 3.63) is 81.6 Å². The topological polar surface area (TPSA) is 261 Å². The van der Waals surface area contributed by atoms with E-state index in [1.807, 2.05) is 88.4 Å². The van der Waals surface area contributed by atoms with Gasteiger partial charge in [-0.3, -0.25) is 33.7 Å². The number of nitrogens with one attached hydrogen (secondary N) is 8. The fourth-order valence-electron chi connectivity index (χ4n) is 6.57. The first-order chi connectivity index (χ1) is 31.4. The molecule has 4 atom stereocenters. The van der Waals surface area contributed by atoms with Crippen LogP contribution in [0.5, 0.6) is 0 Å². The largest absolute Gasteiger partial charge is 0.358 e. The summed E-state index contributed by atoms with van der Waals surface area (Å²) in [7, 11) is 1.49. The molecular formula is C47H75N11O8. The number of nitroso groups, excluding NO2 is 2. The van der Waals surface area contributed by atoms with Crippen LogP contribution in [0.2, 0.25) is 0 Å². The Morgan fingerprint density at radius 3 is 1.55 bits per heavy atom. The van der Waals surface area contributed by atoms with Gasteiger partial charge in [-0.2, -0.15) is 9.81 Å². The summed E-state index contributed by atoms with van der Waals surface area (Å²) in [6.07, 6.45) is 2.10. The number of carbonyl (C=O) groups is 6. The van der Waals surface area contributed by atoms with E-state index in [-0.39, 0.29) is 56.4 Å². The minimum absolute atomic E-state index is 0.0849. The van der Waals surface area contributed by atoms with Gasteiger partial charge in [0.1, 0.15) is 24.2 Å². The van der Waals surface area contributed by atoms with Crippen LogP contribution in [-0.4, -0.2) is 135 Å². The van der Waals surface area contributed by atoms with Gasteiger partial charge in [0.2, 0.25) is 35.4 Å². The van der Waals surface area contributed by atoms with E-state index in [4.69, 9.17) is 0 Å². The Bertz CT molecular complexity index is 1780. The molecule has 4 unspecified atom stereocenters. The van der Waals surface area contributed by atoms with Crippen LogP contribution in [0.3, 0.4) is 0 Å². The summed E-state index contributed by atoms with van der Waals surface area (Å²) in [5.74, 6) is -2.32. The van der Waals surface area contributed by atoms with Gasteiger partial charge in [-0.1, -0.05) is 77.4 Å². The van der Waals surface area contributed by atoms with Crippen LogP contribution in [-0.2, 0) is 41.6 Å². The van der Waals surface area contributed by atoms with E-state index in [2.05, 4.69) is 57.8 Å². The van der Waals surface area contributed by atoms with Crippen LogP contribution >= 0.6 is 0 Å². The predicted octanol–water partition coefficient (Wildman–Crippen LogP) is 2.22. The first kappa shape index (κ1) is 56.5. The maximum atomic E-state index is 14.0. The lowest BCUT2D eigenvalue weighted by molar-refractivity contribution is -0.132. The van der Waals surface area contributed by atoms with Crippen LogP contribution in [0.1, 0.15) is 91.2 Å². The molecule has 2 rings (SSSR count). The minimum Gasteiger partial charge on any atom is -0.358 e. The standard InChI is InChI=1S/C47H75N11O8/c1-34(56-65)46(3,4)52-26-29-58(30-27-53-47(5,6)35(2)57-66)28-25-49-41(60)22-23-42(61)54-39(32-37-19-13-9-14-20-37)45(64)55-38(31-36-17-11-8-12-18-36)44(63)50-24-16-10-15-21-40(59)51-33-43(62)48-7/h8-9,11-14,17-20,34-35,38-39,52-53H,10,15-16,21-33H2,1-7H3,(H,48,62)(H,49,60)(H,50,63)(H,51,59)(H,54,61)(H,55,64). The molecule has 0 bridgehead atoms. The number of unbranched alkanes of at least 4 members (excludes halogenated alkanes) is 2. The highest BCUT2D eigenvalue weighted by Gasteiger charge is 2.29. The van der Waals surface area contributed by atoms with E-state index in [1.54, 1.807) is 13.8 Å². The van der Waals surface area contributed by atoms with Gasteiger partial charge < -0.3 is 42.5 Å². The number of likely N-dealkylation sites (N-methyl/N-ethyl adjacent to an activating group) is 1. The second-order valence-corrected chi connectivity index (χ2v) is 17.7. The van der Waals surface area contributed by atoms with Gasteiger partial charge in [0.25, 0.3) is 0 Å². The van der Waals surface area contributed by atoms with E-state index in [0.717, 1.165) is 11.1 Å².